The van der Waals surface area contributed by atoms with Crippen molar-refractivity contribution >= 4 is 61.7 Å². The van der Waals surface area contributed by atoms with Crippen LogP contribution in [0.4, 0.5) is 11.4 Å². The molecule has 5 rings (SSSR count). The van der Waals surface area contributed by atoms with E-state index in [9.17, 15) is 10.1 Å². The van der Waals surface area contributed by atoms with E-state index >= 15 is 0 Å². The van der Waals surface area contributed by atoms with Gasteiger partial charge in [0.1, 0.15) is 5.75 Å². The Morgan fingerprint density at radius 1 is 0.949 bits per heavy atom. The predicted octanol–water partition coefficient (Wildman–Crippen LogP) is 9.74. The van der Waals surface area contributed by atoms with Gasteiger partial charge >= 0.3 is 0 Å². The highest BCUT2D eigenvalue weighted by atomic mass is 79.9. The highest BCUT2D eigenvalue weighted by molar-refractivity contribution is 9.10. The van der Waals surface area contributed by atoms with Gasteiger partial charge in [-0.05, 0) is 67.9 Å². The number of non-ortho nitro benzene ring substituents is 1. The Kier molecular flexibility index (Phi) is 7.17. The van der Waals surface area contributed by atoms with E-state index in [2.05, 4.69) is 90.7 Å². The van der Waals surface area contributed by atoms with Crippen molar-refractivity contribution < 1.29 is 9.45 Å². The first-order valence-electron chi connectivity index (χ1n) is 12.9. The van der Waals surface area contributed by atoms with Crippen LogP contribution in [0.2, 0.25) is 0 Å². The van der Waals surface area contributed by atoms with Gasteiger partial charge in [0.2, 0.25) is 0 Å². The van der Waals surface area contributed by atoms with Crippen molar-refractivity contribution in [1.29, 1.82) is 0 Å². The lowest BCUT2D eigenvalue weighted by atomic mass is 10.1. The number of halogens is 1. The van der Waals surface area contributed by atoms with Crippen LogP contribution in [0.5, 0.6) is 5.75 Å². The SMILES string of the molecule is CCn1c2ccccc2c2cc([P@@](=Nc3cc([N+](=O)[O-])ccc3C)(Oc3ccc(Br)cc3)C(C)(C)C)ccc21. The van der Waals surface area contributed by atoms with Crippen molar-refractivity contribution in [3.63, 3.8) is 0 Å². The number of para-hydroxylation sites is 1. The fourth-order valence-corrected chi connectivity index (χ4v) is 8.40. The van der Waals surface area contributed by atoms with E-state index < -0.39 is 12.4 Å². The van der Waals surface area contributed by atoms with Gasteiger partial charge in [0, 0.05) is 55.4 Å². The summed E-state index contributed by atoms with van der Waals surface area (Å²) in [5.74, 6) is 0.698. The molecule has 5 aromatic rings. The van der Waals surface area contributed by atoms with Gasteiger partial charge in [-0.25, -0.2) is 4.74 Å². The topological polar surface area (TPSA) is 69.7 Å². The molecule has 0 aliphatic heterocycles. The average molecular weight is 604 g/mol. The van der Waals surface area contributed by atoms with Crippen LogP contribution in [0.1, 0.15) is 33.3 Å². The summed E-state index contributed by atoms with van der Waals surface area (Å²) in [6.45, 7) is 11.3. The molecule has 0 aliphatic rings. The van der Waals surface area contributed by atoms with Crippen molar-refractivity contribution in [2.75, 3.05) is 0 Å². The number of nitro groups is 1. The molecule has 8 heteroatoms. The van der Waals surface area contributed by atoms with Gasteiger partial charge in [-0.2, -0.15) is 0 Å². The third kappa shape index (κ3) is 4.90. The predicted molar refractivity (Wildman–Crippen MR) is 166 cm³/mol. The van der Waals surface area contributed by atoms with Gasteiger partial charge in [0.05, 0.1) is 10.6 Å². The van der Waals surface area contributed by atoms with E-state index in [4.69, 9.17) is 9.27 Å². The van der Waals surface area contributed by atoms with E-state index in [-0.39, 0.29) is 10.6 Å². The third-order valence-electron chi connectivity index (χ3n) is 7.03. The molecule has 1 atom stereocenters. The number of nitro benzene ring substituents is 1. The second kappa shape index (κ2) is 10.3. The molecule has 1 heterocycles. The van der Waals surface area contributed by atoms with Crippen LogP contribution in [-0.4, -0.2) is 14.6 Å². The lowest BCUT2D eigenvalue weighted by molar-refractivity contribution is -0.384. The first kappa shape index (κ1) is 27.2. The minimum Gasteiger partial charge on any atom is -0.455 e. The maximum absolute atomic E-state index is 11.7. The van der Waals surface area contributed by atoms with Crippen LogP contribution in [0, 0.1) is 17.0 Å². The molecule has 0 spiro atoms. The van der Waals surface area contributed by atoms with Crippen molar-refractivity contribution in [3.05, 3.63) is 105 Å². The van der Waals surface area contributed by atoms with Gasteiger partial charge in [0.15, 0.2) is 7.28 Å². The normalized spacial score (nSPS) is 13.4. The molecule has 1 aromatic heterocycles. The number of fused-ring (bicyclic) bond motifs is 3. The zero-order chi connectivity index (χ0) is 27.9. The number of aromatic nitrogens is 1. The van der Waals surface area contributed by atoms with Crippen molar-refractivity contribution in [2.45, 2.75) is 46.3 Å². The molecular formula is C31H31BrN3O3P. The number of rotatable bonds is 6. The van der Waals surface area contributed by atoms with Gasteiger partial charge in [-0.1, -0.05) is 61.0 Å². The molecule has 0 radical (unpaired) electrons. The van der Waals surface area contributed by atoms with Crippen LogP contribution in [-0.2, 0) is 6.54 Å². The highest BCUT2D eigenvalue weighted by Gasteiger charge is 2.39. The van der Waals surface area contributed by atoms with Crippen molar-refractivity contribution in [2.24, 2.45) is 4.74 Å². The third-order valence-corrected chi connectivity index (χ3v) is 11.3. The Morgan fingerprint density at radius 2 is 1.64 bits per heavy atom. The molecule has 0 saturated carbocycles. The Morgan fingerprint density at radius 3 is 2.31 bits per heavy atom. The van der Waals surface area contributed by atoms with E-state index in [1.807, 2.05) is 31.2 Å². The lowest BCUT2D eigenvalue weighted by Gasteiger charge is -2.37. The molecule has 0 N–H and O–H groups in total. The summed E-state index contributed by atoms with van der Waals surface area (Å²) in [6.07, 6.45) is 0. The summed E-state index contributed by atoms with van der Waals surface area (Å²) >= 11 is 3.52. The Bertz CT molecular complexity index is 1770. The summed E-state index contributed by atoms with van der Waals surface area (Å²) in [5, 5.41) is 14.5. The summed E-state index contributed by atoms with van der Waals surface area (Å²) in [5.41, 5.74) is 3.78. The number of benzene rings is 4. The molecule has 0 unspecified atom stereocenters. The molecule has 200 valence electrons. The standard InChI is InChI=1S/C31H31BrN3O3P/c1-6-34-29-10-8-7-9-26(29)27-20-25(17-18-30(27)34)39(31(3,4)5,38-24-15-12-22(32)13-16-24)33-28-19-23(35(36)37)14-11-21(28)2/h7-20H,6H2,1-5H3/t39-/m1/s1. The van der Waals surface area contributed by atoms with Gasteiger partial charge in [0.25, 0.3) is 5.69 Å². The first-order valence-corrected chi connectivity index (χ1v) is 15.3. The van der Waals surface area contributed by atoms with Crippen LogP contribution in [0.3, 0.4) is 0 Å². The van der Waals surface area contributed by atoms with Gasteiger partial charge in [-0.15, -0.1) is 0 Å². The smallest absolute Gasteiger partial charge is 0.271 e. The maximum Gasteiger partial charge on any atom is 0.271 e. The molecule has 0 saturated heterocycles. The zero-order valence-corrected chi connectivity index (χ0v) is 25.2. The summed E-state index contributed by atoms with van der Waals surface area (Å²) < 4.78 is 15.7. The monoisotopic (exact) mass is 603 g/mol. The molecular weight excluding hydrogens is 573 g/mol. The quantitative estimate of drug-likeness (QED) is 0.110. The molecule has 0 bridgehead atoms. The van der Waals surface area contributed by atoms with E-state index in [1.165, 1.54) is 17.0 Å². The van der Waals surface area contributed by atoms with E-state index in [0.29, 0.717) is 11.4 Å². The van der Waals surface area contributed by atoms with E-state index in [0.717, 1.165) is 32.8 Å². The number of hydrogen-bond acceptors (Lipinski definition) is 4. The summed E-state index contributed by atoms with van der Waals surface area (Å²) in [7, 11) is -2.87. The molecule has 6 nitrogen and oxygen atoms in total. The largest absolute Gasteiger partial charge is 0.455 e. The average Bonchev–Trinajstić information content (AvgIpc) is 3.22. The summed E-state index contributed by atoms with van der Waals surface area (Å²) in [6, 6.07) is 27.5. The molecule has 0 aliphatic carbocycles. The molecule has 4 aromatic carbocycles. The Balaban J connectivity index is 1.87. The fourth-order valence-electron chi connectivity index (χ4n) is 4.99. The minimum atomic E-state index is -2.87. The summed E-state index contributed by atoms with van der Waals surface area (Å²) in [4.78, 5) is 11.3. The van der Waals surface area contributed by atoms with Crippen LogP contribution in [0.25, 0.3) is 21.8 Å². The molecule has 39 heavy (non-hydrogen) atoms. The van der Waals surface area contributed by atoms with Gasteiger partial charge in [-0.3, -0.25) is 10.1 Å². The van der Waals surface area contributed by atoms with Crippen molar-refractivity contribution in [1.82, 2.24) is 4.57 Å². The van der Waals surface area contributed by atoms with Crippen molar-refractivity contribution in [3.8, 4) is 5.75 Å². The first-order chi connectivity index (χ1) is 18.5. The van der Waals surface area contributed by atoms with Crippen LogP contribution < -0.4 is 9.83 Å². The molecule has 0 fully saturated rings. The van der Waals surface area contributed by atoms with Crippen LogP contribution >= 0.6 is 23.2 Å². The number of nitrogens with zero attached hydrogens (tertiary/aromatic N) is 3. The number of hydrogen-bond donors (Lipinski definition) is 0. The zero-order valence-electron chi connectivity index (χ0n) is 22.7. The van der Waals surface area contributed by atoms with E-state index in [1.54, 1.807) is 12.1 Å². The van der Waals surface area contributed by atoms with Crippen LogP contribution in [0.15, 0.2) is 94.1 Å². The van der Waals surface area contributed by atoms with Gasteiger partial charge < -0.3 is 9.09 Å². The maximum atomic E-state index is 11.7. The Labute approximate surface area is 237 Å². The Hall–Kier alpha value is -3.41. The highest BCUT2D eigenvalue weighted by Crippen LogP contribution is 2.62. The lowest BCUT2D eigenvalue weighted by Crippen LogP contribution is -2.27. The minimum absolute atomic E-state index is 0.0106. The second-order valence-corrected chi connectivity index (χ2v) is 14.9. The number of aryl methyl sites for hydroxylation is 2. The molecule has 0 amide bonds. The second-order valence-electron chi connectivity index (χ2n) is 10.6. The fraction of sp³-hybridized carbons (Fsp3) is 0.226.